The molecule has 1 N–H and O–H groups in total. The first kappa shape index (κ1) is 15.0. The normalized spacial score (nSPS) is 10.7. The molecule has 0 aliphatic heterocycles. The number of hydrogen-bond acceptors (Lipinski definition) is 5. The van der Waals surface area contributed by atoms with E-state index in [1.807, 2.05) is 38.1 Å². The number of aromatic nitrogens is 4. The quantitative estimate of drug-likeness (QED) is 0.798. The van der Waals surface area contributed by atoms with E-state index in [2.05, 4.69) is 20.6 Å². The van der Waals surface area contributed by atoms with E-state index in [0.29, 0.717) is 18.0 Å². The van der Waals surface area contributed by atoms with Gasteiger partial charge in [0.1, 0.15) is 5.69 Å². The number of rotatable bonds is 4. The standard InChI is InChI=1S/C16H17N5O2/c1-10-4-6-12(7-5-10)8-13-19-20-16(23-13)18-15(22)14-11(2)9-17-21(14)3/h4-7,9H,8H2,1-3H3,(H,18,20,22). The van der Waals surface area contributed by atoms with Gasteiger partial charge in [0.15, 0.2) is 0 Å². The maximum Gasteiger partial charge on any atom is 0.322 e. The Bertz CT molecular complexity index is 813. The molecule has 0 bridgehead atoms. The summed E-state index contributed by atoms with van der Waals surface area (Å²) in [7, 11) is 1.71. The van der Waals surface area contributed by atoms with Gasteiger partial charge in [-0.2, -0.15) is 5.10 Å². The van der Waals surface area contributed by atoms with Crippen molar-refractivity contribution in [1.29, 1.82) is 0 Å². The first-order valence-electron chi connectivity index (χ1n) is 7.21. The molecule has 3 rings (SSSR count). The molecule has 0 saturated heterocycles. The van der Waals surface area contributed by atoms with Crippen molar-refractivity contribution in [3.8, 4) is 0 Å². The lowest BCUT2D eigenvalue weighted by molar-refractivity contribution is 0.101. The van der Waals surface area contributed by atoms with Crippen LogP contribution in [0.25, 0.3) is 0 Å². The summed E-state index contributed by atoms with van der Waals surface area (Å²) in [5.74, 6) is 0.124. The Labute approximate surface area is 133 Å². The lowest BCUT2D eigenvalue weighted by atomic mass is 10.1. The van der Waals surface area contributed by atoms with E-state index in [0.717, 1.165) is 11.1 Å². The van der Waals surface area contributed by atoms with E-state index in [4.69, 9.17) is 4.42 Å². The molecule has 0 aliphatic carbocycles. The largest absolute Gasteiger partial charge is 0.407 e. The Balaban J connectivity index is 1.70. The number of nitrogens with one attached hydrogen (secondary N) is 1. The van der Waals surface area contributed by atoms with Gasteiger partial charge < -0.3 is 4.42 Å². The van der Waals surface area contributed by atoms with Crippen LogP contribution in [0.3, 0.4) is 0 Å². The highest BCUT2D eigenvalue weighted by Crippen LogP contribution is 2.14. The van der Waals surface area contributed by atoms with Crippen LogP contribution in [-0.4, -0.2) is 25.9 Å². The van der Waals surface area contributed by atoms with E-state index in [-0.39, 0.29) is 11.9 Å². The molecule has 7 nitrogen and oxygen atoms in total. The fourth-order valence-corrected chi connectivity index (χ4v) is 2.29. The summed E-state index contributed by atoms with van der Waals surface area (Å²) in [6, 6.07) is 8.16. The van der Waals surface area contributed by atoms with Gasteiger partial charge in [0.2, 0.25) is 5.89 Å². The summed E-state index contributed by atoms with van der Waals surface area (Å²) >= 11 is 0. The minimum atomic E-state index is -0.326. The van der Waals surface area contributed by atoms with Crippen molar-refractivity contribution in [2.24, 2.45) is 7.05 Å². The molecule has 0 atom stereocenters. The maximum atomic E-state index is 12.2. The van der Waals surface area contributed by atoms with Gasteiger partial charge in [0, 0.05) is 7.05 Å². The smallest absolute Gasteiger partial charge is 0.322 e. The highest BCUT2D eigenvalue weighted by atomic mass is 16.4. The molecule has 2 aromatic heterocycles. The Kier molecular flexibility index (Phi) is 3.92. The number of carbonyl (C=O) groups is 1. The van der Waals surface area contributed by atoms with Gasteiger partial charge in [0.25, 0.3) is 5.91 Å². The summed E-state index contributed by atoms with van der Waals surface area (Å²) in [6.07, 6.45) is 2.15. The predicted molar refractivity (Wildman–Crippen MR) is 84.2 cm³/mol. The number of nitrogens with zero attached hydrogens (tertiary/aromatic N) is 4. The van der Waals surface area contributed by atoms with Crippen molar-refractivity contribution >= 4 is 11.9 Å². The van der Waals surface area contributed by atoms with E-state index in [9.17, 15) is 4.79 Å². The molecule has 2 heterocycles. The first-order valence-corrected chi connectivity index (χ1v) is 7.21. The Morgan fingerprint density at radius 1 is 1.22 bits per heavy atom. The van der Waals surface area contributed by atoms with Crippen molar-refractivity contribution in [2.45, 2.75) is 20.3 Å². The maximum absolute atomic E-state index is 12.2. The zero-order valence-corrected chi connectivity index (χ0v) is 13.2. The van der Waals surface area contributed by atoms with Crippen LogP contribution in [0.4, 0.5) is 6.01 Å². The SMILES string of the molecule is Cc1ccc(Cc2nnc(NC(=O)c3c(C)cnn3C)o2)cc1. The number of benzene rings is 1. The number of anilines is 1. The van der Waals surface area contributed by atoms with Crippen LogP contribution in [0.15, 0.2) is 34.9 Å². The molecule has 118 valence electrons. The molecule has 0 unspecified atom stereocenters. The predicted octanol–water partition coefficient (Wildman–Crippen LogP) is 2.26. The van der Waals surface area contributed by atoms with Gasteiger partial charge >= 0.3 is 6.01 Å². The monoisotopic (exact) mass is 311 g/mol. The molecule has 0 radical (unpaired) electrons. The Morgan fingerprint density at radius 3 is 2.61 bits per heavy atom. The fourth-order valence-electron chi connectivity index (χ4n) is 2.29. The second kappa shape index (κ2) is 6.04. The molecule has 1 amide bonds. The van der Waals surface area contributed by atoms with E-state index >= 15 is 0 Å². The second-order valence-corrected chi connectivity index (χ2v) is 5.42. The molecule has 1 aromatic carbocycles. The number of hydrogen-bond donors (Lipinski definition) is 1. The summed E-state index contributed by atoms with van der Waals surface area (Å²) < 4.78 is 6.99. The van der Waals surface area contributed by atoms with Crippen molar-refractivity contribution < 1.29 is 9.21 Å². The van der Waals surface area contributed by atoms with Crippen molar-refractivity contribution in [1.82, 2.24) is 20.0 Å². The van der Waals surface area contributed by atoms with Crippen LogP contribution >= 0.6 is 0 Å². The highest BCUT2D eigenvalue weighted by molar-refractivity contribution is 6.02. The number of carbonyl (C=O) groups excluding carboxylic acids is 1. The van der Waals surface area contributed by atoms with Gasteiger partial charge in [-0.3, -0.25) is 14.8 Å². The topological polar surface area (TPSA) is 85.8 Å². The van der Waals surface area contributed by atoms with Crippen LogP contribution in [0.1, 0.15) is 33.1 Å². The highest BCUT2D eigenvalue weighted by Gasteiger charge is 2.17. The minimum absolute atomic E-state index is 0.0812. The lowest BCUT2D eigenvalue weighted by Gasteiger charge is -2.02. The van der Waals surface area contributed by atoms with Crippen molar-refractivity contribution in [3.05, 3.63) is 58.7 Å². The lowest BCUT2D eigenvalue weighted by Crippen LogP contribution is -2.17. The van der Waals surface area contributed by atoms with Gasteiger partial charge in [-0.05, 0) is 25.0 Å². The van der Waals surface area contributed by atoms with Crippen LogP contribution in [-0.2, 0) is 13.5 Å². The van der Waals surface area contributed by atoms with Crippen molar-refractivity contribution in [3.63, 3.8) is 0 Å². The average molecular weight is 311 g/mol. The molecule has 0 fully saturated rings. The molecule has 0 spiro atoms. The second-order valence-electron chi connectivity index (χ2n) is 5.42. The van der Waals surface area contributed by atoms with Gasteiger partial charge in [-0.25, -0.2) is 0 Å². The van der Waals surface area contributed by atoms with Crippen molar-refractivity contribution in [2.75, 3.05) is 5.32 Å². The van der Waals surface area contributed by atoms with Crippen LogP contribution in [0.5, 0.6) is 0 Å². The Morgan fingerprint density at radius 2 is 1.96 bits per heavy atom. The van der Waals surface area contributed by atoms with Gasteiger partial charge in [-0.1, -0.05) is 34.9 Å². The minimum Gasteiger partial charge on any atom is -0.407 e. The molecular weight excluding hydrogens is 294 g/mol. The first-order chi connectivity index (χ1) is 11.0. The number of aryl methyl sites for hydroxylation is 3. The third kappa shape index (κ3) is 3.28. The van der Waals surface area contributed by atoms with Gasteiger partial charge in [-0.15, -0.1) is 5.10 Å². The summed E-state index contributed by atoms with van der Waals surface area (Å²) in [5.41, 5.74) is 3.51. The Hall–Kier alpha value is -2.96. The summed E-state index contributed by atoms with van der Waals surface area (Å²) in [5, 5.41) is 14.5. The zero-order chi connectivity index (χ0) is 16.4. The molecular formula is C16H17N5O2. The fraction of sp³-hybridized carbons (Fsp3) is 0.250. The van der Waals surface area contributed by atoms with E-state index < -0.39 is 0 Å². The van der Waals surface area contributed by atoms with E-state index in [1.54, 1.807) is 13.2 Å². The van der Waals surface area contributed by atoms with Crippen LogP contribution in [0, 0.1) is 13.8 Å². The van der Waals surface area contributed by atoms with Crippen LogP contribution in [0.2, 0.25) is 0 Å². The van der Waals surface area contributed by atoms with Gasteiger partial charge in [0.05, 0.1) is 12.6 Å². The molecule has 23 heavy (non-hydrogen) atoms. The molecule has 0 saturated carbocycles. The molecule has 3 aromatic rings. The number of amides is 1. The van der Waals surface area contributed by atoms with Crippen LogP contribution < -0.4 is 5.32 Å². The van der Waals surface area contributed by atoms with E-state index in [1.165, 1.54) is 10.2 Å². The average Bonchev–Trinajstić information content (AvgIpc) is 3.08. The molecule has 7 heteroatoms. The summed E-state index contributed by atoms with van der Waals surface area (Å²) in [6.45, 7) is 3.85. The third-order valence-corrected chi connectivity index (χ3v) is 3.50. The third-order valence-electron chi connectivity index (χ3n) is 3.50. The summed E-state index contributed by atoms with van der Waals surface area (Å²) in [4.78, 5) is 12.2. The zero-order valence-electron chi connectivity index (χ0n) is 13.2. The molecule has 0 aliphatic rings.